The number of methoxy groups -OCH3 is 1. The monoisotopic (exact) mass is 263 g/mol. The van der Waals surface area contributed by atoms with Crippen LogP contribution in [0.15, 0.2) is 36.4 Å². The van der Waals surface area contributed by atoms with Crippen molar-refractivity contribution in [1.82, 2.24) is 0 Å². The molecule has 0 fully saturated rings. The molecule has 0 bridgehead atoms. The third-order valence-electron chi connectivity index (χ3n) is 2.54. The highest BCUT2D eigenvalue weighted by Gasteiger charge is 2.09. The van der Waals surface area contributed by atoms with Gasteiger partial charge in [-0.05, 0) is 35.4 Å². The Labute approximate surface area is 109 Å². The van der Waals surface area contributed by atoms with Crippen LogP contribution in [0.2, 0.25) is 0 Å². The van der Waals surface area contributed by atoms with Gasteiger partial charge in [0.25, 0.3) is 0 Å². The molecule has 0 amide bonds. The molecule has 2 aromatic rings. The van der Waals surface area contributed by atoms with Crippen LogP contribution in [-0.4, -0.2) is 19.8 Å². The Morgan fingerprint density at radius 3 is 2.21 bits per heavy atom. The van der Waals surface area contributed by atoms with E-state index in [0.717, 1.165) is 6.07 Å². The van der Waals surface area contributed by atoms with E-state index in [-0.39, 0.29) is 0 Å². The van der Waals surface area contributed by atoms with Crippen LogP contribution >= 0.6 is 0 Å². The Morgan fingerprint density at radius 2 is 1.63 bits per heavy atom. The van der Waals surface area contributed by atoms with Crippen molar-refractivity contribution in [2.75, 3.05) is 7.11 Å². The Hall–Kier alpha value is -2.08. The van der Waals surface area contributed by atoms with E-state index in [0.29, 0.717) is 30.3 Å². The van der Waals surface area contributed by atoms with E-state index in [1.807, 2.05) is 0 Å². The quantitative estimate of drug-likeness (QED) is 0.861. The molecule has 0 unspecified atom stereocenters. The minimum absolute atomic E-state index is 0.297. The Balaban J connectivity index is 2.45. The standard InChI is InChI=1S/C13H10BF2O3/c1-18-13-6-8(2-3-12(13)19-14-17)9-4-10(15)7-11(16)5-9/h2-7,17H,1H3. The lowest BCUT2D eigenvalue weighted by atomic mass is 10.0. The van der Waals surface area contributed by atoms with Gasteiger partial charge < -0.3 is 14.4 Å². The fraction of sp³-hybridized carbons (Fsp3) is 0.0769. The van der Waals surface area contributed by atoms with Crippen LogP contribution in [-0.2, 0) is 0 Å². The van der Waals surface area contributed by atoms with Crippen molar-refractivity contribution < 1.29 is 23.2 Å². The van der Waals surface area contributed by atoms with Gasteiger partial charge in [-0.1, -0.05) is 6.07 Å². The summed E-state index contributed by atoms with van der Waals surface area (Å²) in [5, 5.41) is 8.60. The molecule has 97 valence electrons. The van der Waals surface area contributed by atoms with Gasteiger partial charge >= 0.3 is 7.69 Å². The minimum atomic E-state index is -0.655. The van der Waals surface area contributed by atoms with Gasteiger partial charge in [-0.3, -0.25) is 0 Å². The SMILES string of the molecule is COc1cc(-c2cc(F)cc(F)c2)ccc1O[B]O. The average molecular weight is 263 g/mol. The van der Waals surface area contributed by atoms with Crippen LogP contribution in [0.25, 0.3) is 11.1 Å². The summed E-state index contributed by atoms with van der Waals surface area (Å²) in [5.74, 6) is -0.672. The molecule has 1 N–H and O–H groups in total. The third-order valence-corrected chi connectivity index (χ3v) is 2.54. The molecule has 0 aliphatic heterocycles. The van der Waals surface area contributed by atoms with Gasteiger partial charge in [0.1, 0.15) is 17.4 Å². The fourth-order valence-corrected chi connectivity index (χ4v) is 1.72. The van der Waals surface area contributed by atoms with Gasteiger partial charge in [0.2, 0.25) is 0 Å². The zero-order chi connectivity index (χ0) is 13.8. The first kappa shape index (κ1) is 13.4. The Kier molecular flexibility index (Phi) is 4.01. The number of ether oxygens (including phenoxy) is 1. The number of hydrogen-bond donors (Lipinski definition) is 1. The molecule has 1 radical (unpaired) electrons. The zero-order valence-corrected chi connectivity index (χ0v) is 10.1. The number of rotatable bonds is 4. The summed E-state index contributed by atoms with van der Waals surface area (Å²) in [7, 11) is 1.95. The van der Waals surface area contributed by atoms with Gasteiger partial charge in [-0.15, -0.1) is 0 Å². The first-order chi connectivity index (χ1) is 9.13. The van der Waals surface area contributed by atoms with Crippen molar-refractivity contribution >= 4 is 7.69 Å². The molecule has 0 spiro atoms. The minimum Gasteiger partial charge on any atom is -0.535 e. The van der Waals surface area contributed by atoms with Gasteiger partial charge in [-0.2, -0.15) is 0 Å². The van der Waals surface area contributed by atoms with Gasteiger partial charge in [0, 0.05) is 6.07 Å². The van der Waals surface area contributed by atoms with Crippen molar-refractivity contribution in [2.24, 2.45) is 0 Å². The van der Waals surface area contributed by atoms with E-state index in [2.05, 4.69) is 0 Å². The molecule has 0 aliphatic carbocycles. The van der Waals surface area contributed by atoms with Crippen molar-refractivity contribution in [2.45, 2.75) is 0 Å². The maximum atomic E-state index is 13.2. The first-order valence-electron chi connectivity index (χ1n) is 5.41. The molecule has 0 heterocycles. The molecular formula is C13H10BF2O3. The summed E-state index contributed by atoms with van der Waals surface area (Å²) in [6.07, 6.45) is 0. The number of benzene rings is 2. The molecular weight excluding hydrogens is 253 g/mol. The van der Waals surface area contributed by atoms with E-state index in [4.69, 9.17) is 14.4 Å². The number of hydrogen-bond acceptors (Lipinski definition) is 3. The van der Waals surface area contributed by atoms with Crippen molar-refractivity contribution in [3.8, 4) is 22.6 Å². The van der Waals surface area contributed by atoms with Gasteiger partial charge in [0.15, 0.2) is 5.75 Å². The predicted octanol–water partition coefficient (Wildman–Crippen LogP) is 2.55. The summed E-state index contributed by atoms with van der Waals surface area (Å²) in [4.78, 5) is 0. The lowest BCUT2D eigenvalue weighted by Gasteiger charge is -2.10. The lowest BCUT2D eigenvalue weighted by molar-refractivity contribution is 0.382. The average Bonchev–Trinajstić information content (AvgIpc) is 2.38. The third kappa shape index (κ3) is 3.03. The summed E-state index contributed by atoms with van der Waals surface area (Å²) in [5.41, 5.74) is 0.955. The largest absolute Gasteiger partial charge is 0.569 e. The topological polar surface area (TPSA) is 38.7 Å². The van der Waals surface area contributed by atoms with Gasteiger partial charge in [-0.25, -0.2) is 8.78 Å². The van der Waals surface area contributed by atoms with E-state index in [9.17, 15) is 8.78 Å². The second-order valence-corrected chi connectivity index (χ2v) is 3.75. The van der Waals surface area contributed by atoms with Crippen molar-refractivity contribution in [3.05, 3.63) is 48.0 Å². The maximum Gasteiger partial charge on any atom is 0.569 e. The normalized spacial score (nSPS) is 10.1. The fourth-order valence-electron chi connectivity index (χ4n) is 1.72. The molecule has 0 saturated heterocycles. The molecule has 19 heavy (non-hydrogen) atoms. The second kappa shape index (κ2) is 5.71. The van der Waals surface area contributed by atoms with E-state index >= 15 is 0 Å². The molecule has 2 rings (SSSR count). The van der Waals surface area contributed by atoms with Crippen LogP contribution < -0.4 is 9.39 Å². The smallest absolute Gasteiger partial charge is 0.535 e. The van der Waals surface area contributed by atoms with Crippen LogP contribution in [0.3, 0.4) is 0 Å². The summed E-state index contributed by atoms with van der Waals surface area (Å²) >= 11 is 0. The van der Waals surface area contributed by atoms with Crippen LogP contribution in [0.5, 0.6) is 11.5 Å². The van der Waals surface area contributed by atoms with E-state index < -0.39 is 11.6 Å². The highest BCUT2D eigenvalue weighted by Crippen LogP contribution is 2.32. The van der Waals surface area contributed by atoms with Crippen molar-refractivity contribution in [1.29, 1.82) is 0 Å². The molecule has 6 heteroatoms. The number of halogens is 2. The van der Waals surface area contributed by atoms with E-state index in [1.54, 1.807) is 12.1 Å². The van der Waals surface area contributed by atoms with Crippen molar-refractivity contribution in [3.63, 3.8) is 0 Å². The molecule has 0 aromatic heterocycles. The molecule has 2 aromatic carbocycles. The second-order valence-electron chi connectivity index (χ2n) is 3.75. The maximum absolute atomic E-state index is 13.2. The van der Waals surface area contributed by atoms with Crippen LogP contribution in [0.1, 0.15) is 0 Å². The lowest BCUT2D eigenvalue weighted by Crippen LogP contribution is -2.01. The Morgan fingerprint density at radius 1 is 0.947 bits per heavy atom. The highest BCUT2D eigenvalue weighted by atomic mass is 19.1. The molecule has 0 aliphatic rings. The highest BCUT2D eigenvalue weighted by molar-refractivity contribution is 6.17. The zero-order valence-electron chi connectivity index (χ0n) is 10.1. The first-order valence-corrected chi connectivity index (χ1v) is 5.41. The van der Waals surface area contributed by atoms with E-state index in [1.165, 1.54) is 25.3 Å². The molecule has 0 saturated carbocycles. The molecule has 3 nitrogen and oxygen atoms in total. The Bertz CT molecular complexity index is 570. The summed E-state index contributed by atoms with van der Waals surface area (Å²) in [6.45, 7) is 0. The summed E-state index contributed by atoms with van der Waals surface area (Å²) in [6, 6.07) is 7.94. The summed E-state index contributed by atoms with van der Waals surface area (Å²) < 4.78 is 36.2. The van der Waals surface area contributed by atoms with Crippen LogP contribution in [0.4, 0.5) is 8.78 Å². The van der Waals surface area contributed by atoms with Crippen LogP contribution in [0, 0.1) is 11.6 Å². The predicted molar refractivity (Wildman–Crippen MR) is 66.9 cm³/mol. The molecule has 0 atom stereocenters. The van der Waals surface area contributed by atoms with Gasteiger partial charge in [0.05, 0.1) is 7.11 Å².